The third-order valence-corrected chi connectivity index (χ3v) is 1.04. The van der Waals surface area contributed by atoms with Gasteiger partial charge in [0.1, 0.15) is 0 Å². The van der Waals surface area contributed by atoms with Gasteiger partial charge in [-0.3, -0.25) is 0 Å². The largest absolute Gasteiger partial charge is 0.385 e. The maximum absolute atomic E-state index is 4.82. The minimum Gasteiger partial charge on any atom is -0.385 e. The standard InChI is InChI=1S/C5H13NOS/c1-7-4-2-3-6-5-8/h6,8H,2-5H2,1H3. The molecule has 0 spiro atoms. The first-order valence-corrected chi connectivity index (χ1v) is 3.35. The third kappa shape index (κ3) is 6.27. The molecule has 0 saturated carbocycles. The number of hydrogen-bond acceptors (Lipinski definition) is 3. The van der Waals surface area contributed by atoms with Crippen molar-refractivity contribution in [2.24, 2.45) is 0 Å². The molecule has 3 heteroatoms. The van der Waals surface area contributed by atoms with Gasteiger partial charge in [0.2, 0.25) is 0 Å². The smallest absolute Gasteiger partial charge is 0.0474 e. The quantitative estimate of drug-likeness (QED) is 0.325. The Bertz CT molecular complexity index is 37.4. The van der Waals surface area contributed by atoms with Crippen molar-refractivity contribution in [1.29, 1.82) is 0 Å². The zero-order valence-corrected chi connectivity index (χ0v) is 6.08. The molecule has 0 atom stereocenters. The zero-order chi connectivity index (χ0) is 6.24. The third-order valence-electron chi connectivity index (χ3n) is 0.814. The Morgan fingerprint density at radius 2 is 2.38 bits per heavy atom. The van der Waals surface area contributed by atoms with Gasteiger partial charge in [0.05, 0.1) is 0 Å². The molecule has 0 unspecified atom stereocenters. The van der Waals surface area contributed by atoms with Gasteiger partial charge in [0.25, 0.3) is 0 Å². The molecule has 0 aromatic heterocycles. The molecule has 0 amide bonds. The number of hydrogen-bond donors (Lipinski definition) is 2. The summed E-state index contributed by atoms with van der Waals surface area (Å²) < 4.78 is 4.82. The highest BCUT2D eigenvalue weighted by molar-refractivity contribution is 7.80. The molecule has 0 aliphatic heterocycles. The van der Waals surface area contributed by atoms with E-state index in [2.05, 4.69) is 17.9 Å². The maximum Gasteiger partial charge on any atom is 0.0474 e. The molecule has 0 radical (unpaired) electrons. The van der Waals surface area contributed by atoms with E-state index in [0.29, 0.717) is 0 Å². The van der Waals surface area contributed by atoms with E-state index in [1.54, 1.807) is 7.11 Å². The molecule has 0 aliphatic rings. The van der Waals surface area contributed by atoms with E-state index in [0.717, 1.165) is 25.4 Å². The van der Waals surface area contributed by atoms with Crippen molar-refractivity contribution >= 4 is 12.6 Å². The average Bonchev–Trinajstić information content (AvgIpc) is 1.81. The summed E-state index contributed by atoms with van der Waals surface area (Å²) in [6.07, 6.45) is 1.07. The molecule has 50 valence electrons. The molecule has 0 fully saturated rings. The highest BCUT2D eigenvalue weighted by Crippen LogP contribution is 1.76. The average molecular weight is 135 g/mol. The summed E-state index contributed by atoms with van der Waals surface area (Å²) in [5.74, 6) is 0.754. The van der Waals surface area contributed by atoms with Crippen LogP contribution in [0.2, 0.25) is 0 Å². The molecule has 2 nitrogen and oxygen atoms in total. The van der Waals surface area contributed by atoms with Crippen molar-refractivity contribution in [2.75, 3.05) is 26.1 Å². The fourth-order valence-electron chi connectivity index (χ4n) is 0.421. The van der Waals surface area contributed by atoms with Crippen LogP contribution in [0.25, 0.3) is 0 Å². The second-order valence-corrected chi connectivity index (χ2v) is 1.82. The Kier molecular flexibility index (Phi) is 7.52. The lowest BCUT2D eigenvalue weighted by Gasteiger charge is -1.97. The Hall–Kier alpha value is 0.270. The normalized spacial score (nSPS) is 9.75. The molecule has 0 heterocycles. The highest BCUT2D eigenvalue weighted by atomic mass is 32.1. The first-order valence-electron chi connectivity index (χ1n) is 2.72. The Morgan fingerprint density at radius 3 is 2.88 bits per heavy atom. The SMILES string of the molecule is COCCCNCS. The van der Waals surface area contributed by atoms with E-state index >= 15 is 0 Å². The topological polar surface area (TPSA) is 21.3 Å². The molecular formula is C5H13NOS. The molecule has 8 heavy (non-hydrogen) atoms. The molecule has 0 aromatic carbocycles. The van der Waals surface area contributed by atoms with Crippen molar-refractivity contribution in [3.8, 4) is 0 Å². The molecular weight excluding hydrogens is 122 g/mol. The lowest BCUT2D eigenvalue weighted by Crippen LogP contribution is -2.13. The van der Waals surface area contributed by atoms with Gasteiger partial charge in [-0.15, -0.1) is 0 Å². The van der Waals surface area contributed by atoms with E-state index in [-0.39, 0.29) is 0 Å². The van der Waals surface area contributed by atoms with E-state index in [1.165, 1.54) is 0 Å². The number of ether oxygens (including phenoxy) is 1. The summed E-state index contributed by atoms with van der Waals surface area (Å²) in [6.45, 7) is 1.83. The Balaban J connectivity index is 2.53. The molecule has 0 aliphatic carbocycles. The molecule has 0 rings (SSSR count). The van der Waals surface area contributed by atoms with Gasteiger partial charge in [-0.25, -0.2) is 0 Å². The molecule has 0 saturated heterocycles. The summed E-state index contributed by atoms with van der Waals surface area (Å²) in [5, 5.41) is 3.07. The van der Waals surface area contributed by atoms with Crippen LogP contribution in [0.1, 0.15) is 6.42 Å². The van der Waals surface area contributed by atoms with Crippen LogP contribution in [-0.2, 0) is 4.74 Å². The number of nitrogens with one attached hydrogen (secondary N) is 1. The van der Waals surface area contributed by atoms with Gasteiger partial charge in [0, 0.05) is 19.6 Å². The van der Waals surface area contributed by atoms with Crippen LogP contribution in [0.4, 0.5) is 0 Å². The predicted molar refractivity (Wildman–Crippen MR) is 38.3 cm³/mol. The van der Waals surface area contributed by atoms with Gasteiger partial charge >= 0.3 is 0 Å². The van der Waals surface area contributed by atoms with Gasteiger partial charge < -0.3 is 10.1 Å². The second kappa shape index (κ2) is 7.27. The van der Waals surface area contributed by atoms with Crippen molar-refractivity contribution in [3.05, 3.63) is 0 Å². The van der Waals surface area contributed by atoms with Gasteiger partial charge in [-0.2, -0.15) is 12.6 Å². The lowest BCUT2D eigenvalue weighted by atomic mass is 10.5. The van der Waals surface area contributed by atoms with Crippen molar-refractivity contribution in [1.82, 2.24) is 5.32 Å². The van der Waals surface area contributed by atoms with Crippen LogP contribution >= 0.6 is 12.6 Å². The maximum atomic E-state index is 4.82. The summed E-state index contributed by atoms with van der Waals surface area (Å²) in [5.41, 5.74) is 0. The van der Waals surface area contributed by atoms with Crippen LogP contribution in [0, 0.1) is 0 Å². The van der Waals surface area contributed by atoms with Crippen LogP contribution in [0.3, 0.4) is 0 Å². The molecule has 0 bridgehead atoms. The summed E-state index contributed by atoms with van der Waals surface area (Å²) in [6, 6.07) is 0. The van der Waals surface area contributed by atoms with Gasteiger partial charge in [-0.05, 0) is 13.0 Å². The monoisotopic (exact) mass is 135 g/mol. The predicted octanol–water partition coefficient (Wildman–Crippen LogP) is 0.500. The first kappa shape index (κ1) is 8.27. The Labute approximate surface area is 56.0 Å². The van der Waals surface area contributed by atoms with Crippen molar-refractivity contribution in [2.45, 2.75) is 6.42 Å². The summed E-state index contributed by atoms with van der Waals surface area (Å²) >= 11 is 3.97. The minimum absolute atomic E-state index is 0.754. The van der Waals surface area contributed by atoms with Crippen molar-refractivity contribution in [3.63, 3.8) is 0 Å². The first-order chi connectivity index (χ1) is 3.91. The number of methoxy groups -OCH3 is 1. The van der Waals surface area contributed by atoms with E-state index in [9.17, 15) is 0 Å². The number of rotatable bonds is 5. The van der Waals surface area contributed by atoms with Crippen LogP contribution in [0.15, 0.2) is 0 Å². The molecule has 1 N–H and O–H groups in total. The summed E-state index contributed by atoms with van der Waals surface area (Å²) in [4.78, 5) is 0. The fourth-order valence-corrected chi connectivity index (χ4v) is 0.579. The van der Waals surface area contributed by atoms with Crippen molar-refractivity contribution < 1.29 is 4.74 Å². The molecule has 0 aromatic rings. The highest BCUT2D eigenvalue weighted by Gasteiger charge is 1.81. The Morgan fingerprint density at radius 1 is 1.62 bits per heavy atom. The van der Waals surface area contributed by atoms with Crippen LogP contribution < -0.4 is 5.32 Å². The van der Waals surface area contributed by atoms with E-state index in [4.69, 9.17) is 4.74 Å². The second-order valence-electron chi connectivity index (χ2n) is 1.50. The lowest BCUT2D eigenvalue weighted by molar-refractivity contribution is 0.195. The van der Waals surface area contributed by atoms with E-state index < -0.39 is 0 Å². The van der Waals surface area contributed by atoms with Crippen LogP contribution in [0.5, 0.6) is 0 Å². The zero-order valence-electron chi connectivity index (χ0n) is 5.18. The van der Waals surface area contributed by atoms with Crippen LogP contribution in [-0.4, -0.2) is 26.1 Å². The van der Waals surface area contributed by atoms with Gasteiger partial charge in [-0.1, -0.05) is 0 Å². The fraction of sp³-hybridized carbons (Fsp3) is 1.00. The number of thiol groups is 1. The van der Waals surface area contributed by atoms with Gasteiger partial charge in [0.15, 0.2) is 0 Å². The minimum atomic E-state index is 0.754. The summed E-state index contributed by atoms with van der Waals surface area (Å²) in [7, 11) is 1.71. The van der Waals surface area contributed by atoms with E-state index in [1.807, 2.05) is 0 Å².